The van der Waals surface area contributed by atoms with Crippen molar-refractivity contribution in [3.8, 4) is 11.1 Å². The summed E-state index contributed by atoms with van der Waals surface area (Å²) in [6.45, 7) is 4.59. The number of nitrogens with two attached hydrogens (primary N) is 1. The Labute approximate surface area is 141 Å². The number of morpholine rings is 1. The van der Waals surface area contributed by atoms with Crippen LogP contribution in [0.25, 0.3) is 22.0 Å². The molecule has 0 bridgehead atoms. The van der Waals surface area contributed by atoms with Crippen molar-refractivity contribution in [1.29, 1.82) is 0 Å². The van der Waals surface area contributed by atoms with Crippen molar-refractivity contribution in [3.05, 3.63) is 54.4 Å². The van der Waals surface area contributed by atoms with E-state index in [1.54, 1.807) is 0 Å². The standard InChI is InChI=1S/C19H20N4O/c20-19-17-11-16(4-5-18(17)21-13-22-19)15-3-1-2-14(10-15)12-23-6-8-24-9-7-23/h1-5,10-11,13H,6-9,12H2,(H2,20,21,22). The van der Waals surface area contributed by atoms with Crippen LogP contribution >= 0.6 is 0 Å². The zero-order chi connectivity index (χ0) is 16.4. The third kappa shape index (κ3) is 3.09. The van der Waals surface area contributed by atoms with E-state index >= 15 is 0 Å². The summed E-state index contributed by atoms with van der Waals surface area (Å²) in [7, 11) is 0. The maximum Gasteiger partial charge on any atom is 0.134 e. The summed E-state index contributed by atoms with van der Waals surface area (Å²) in [6, 6.07) is 14.8. The Balaban J connectivity index is 1.64. The molecule has 2 aromatic carbocycles. The summed E-state index contributed by atoms with van der Waals surface area (Å²) >= 11 is 0. The second-order valence-electron chi connectivity index (χ2n) is 6.08. The van der Waals surface area contributed by atoms with Gasteiger partial charge in [-0.15, -0.1) is 0 Å². The molecule has 122 valence electrons. The van der Waals surface area contributed by atoms with Crippen LogP contribution in [0.5, 0.6) is 0 Å². The van der Waals surface area contributed by atoms with E-state index in [-0.39, 0.29) is 0 Å². The molecule has 0 unspecified atom stereocenters. The maximum atomic E-state index is 5.99. The molecule has 0 spiro atoms. The van der Waals surface area contributed by atoms with E-state index in [9.17, 15) is 0 Å². The summed E-state index contributed by atoms with van der Waals surface area (Å²) in [4.78, 5) is 10.8. The van der Waals surface area contributed by atoms with E-state index in [0.717, 1.165) is 49.3 Å². The van der Waals surface area contributed by atoms with Crippen molar-refractivity contribution >= 4 is 16.7 Å². The molecule has 0 amide bonds. The molecule has 5 nitrogen and oxygen atoms in total. The minimum atomic E-state index is 0.520. The summed E-state index contributed by atoms with van der Waals surface area (Å²) < 4.78 is 5.42. The molecule has 1 aliphatic rings. The molecular weight excluding hydrogens is 300 g/mol. The number of benzene rings is 2. The highest BCUT2D eigenvalue weighted by Crippen LogP contribution is 2.26. The number of fused-ring (bicyclic) bond motifs is 1. The predicted octanol–water partition coefficient (Wildman–Crippen LogP) is 2.71. The van der Waals surface area contributed by atoms with Gasteiger partial charge < -0.3 is 10.5 Å². The van der Waals surface area contributed by atoms with E-state index in [2.05, 4.69) is 51.3 Å². The number of hydrogen-bond donors (Lipinski definition) is 1. The van der Waals surface area contributed by atoms with Crippen molar-refractivity contribution in [3.63, 3.8) is 0 Å². The average molecular weight is 320 g/mol. The van der Waals surface area contributed by atoms with Crippen LogP contribution in [0, 0.1) is 0 Å². The van der Waals surface area contributed by atoms with E-state index in [4.69, 9.17) is 10.5 Å². The molecule has 5 heteroatoms. The van der Waals surface area contributed by atoms with Crippen molar-refractivity contribution in [1.82, 2.24) is 14.9 Å². The molecule has 4 rings (SSSR count). The van der Waals surface area contributed by atoms with Gasteiger partial charge in [-0.25, -0.2) is 9.97 Å². The van der Waals surface area contributed by atoms with Gasteiger partial charge >= 0.3 is 0 Å². The molecule has 1 aromatic heterocycles. The van der Waals surface area contributed by atoms with Crippen LogP contribution < -0.4 is 5.73 Å². The van der Waals surface area contributed by atoms with E-state index < -0.39 is 0 Å². The first-order valence-corrected chi connectivity index (χ1v) is 8.19. The molecule has 0 saturated carbocycles. The smallest absolute Gasteiger partial charge is 0.134 e. The lowest BCUT2D eigenvalue weighted by Crippen LogP contribution is -2.35. The van der Waals surface area contributed by atoms with Gasteiger partial charge in [-0.1, -0.05) is 24.3 Å². The molecule has 0 atom stereocenters. The number of aromatic nitrogens is 2. The molecule has 24 heavy (non-hydrogen) atoms. The Morgan fingerprint density at radius 3 is 2.71 bits per heavy atom. The van der Waals surface area contributed by atoms with E-state index in [1.807, 2.05) is 6.07 Å². The molecule has 0 aliphatic carbocycles. The van der Waals surface area contributed by atoms with Crippen LogP contribution in [0.15, 0.2) is 48.8 Å². The van der Waals surface area contributed by atoms with Crippen LogP contribution in [0.1, 0.15) is 5.56 Å². The van der Waals surface area contributed by atoms with Crippen molar-refractivity contribution < 1.29 is 4.74 Å². The average Bonchev–Trinajstić information content (AvgIpc) is 2.63. The monoisotopic (exact) mass is 320 g/mol. The fourth-order valence-electron chi connectivity index (χ4n) is 3.12. The topological polar surface area (TPSA) is 64.3 Å². The normalized spacial score (nSPS) is 15.7. The lowest BCUT2D eigenvalue weighted by molar-refractivity contribution is 0.0342. The van der Waals surface area contributed by atoms with Crippen LogP contribution in [-0.4, -0.2) is 41.2 Å². The fraction of sp³-hybridized carbons (Fsp3) is 0.263. The largest absolute Gasteiger partial charge is 0.383 e. The molecule has 0 radical (unpaired) electrons. The molecule has 3 aromatic rings. The zero-order valence-corrected chi connectivity index (χ0v) is 13.5. The number of nitrogens with zero attached hydrogens (tertiary/aromatic N) is 3. The molecule has 2 heterocycles. The first-order chi connectivity index (χ1) is 11.8. The molecular formula is C19H20N4O. The van der Waals surface area contributed by atoms with Gasteiger partial charge in [0.15, 0.2) is 0 Å². The van der Waals surface area contributed by atoms with Crippen molar-refractivity contribution in [2.75, 3.05) is 32.0 Å². The van der Waals surface area contributed by atoms with Gasteiger partial charge in [0, 0.05) is 25.0 Å². The second kappa shape index (κ2) is 6.55. The predicted molar refractivity (Wildman–Crippen MR) is 95.5 cm³/mol. The minimum Gasteiger partial charge on any atom is -0.383 e. The summed E-state index contributed by atoms with van der Waals surface area (Å²) in [5, 5.41) is 0.897. The van der Waals surface area contributed by atoms with Gasteiger partial charge in [0.2, 0.25) is 0 Å². The molecule has 2 N–H and O–H groups in total. The van der Waals surface area contributed by atoms with E-state index in [1.165, 1.54) is 17.5 Å². The fourth-order valence-corrected chi connectivity index (χ4v) is 3.12. The lowest BCUT2D eigenvalue weighted by Gasteiger charge is -2.26. The summed E-state index contributed by atoms with van der Waals surface area (Å²) in [6.07, 6.45) is 1.50. The van der Waals surface area contributed by atoms with Crippen molar-refractivity contribution in [2.45, 2.75) is 6.54 Å². The van der Waals surface area contributed by atoms with Gasteiger partial charge in [0.05, 0.1) is 18.7 Å². The van der Waals surface area contributed by atoms with Crippen LogP contribution in [0.4, 0.5) is 5.82 Å². The SMILES string of the molecule is Nc1ncnc2ccc(-c3cccc(CN4CCOCC4)c3)cc12. The van der Waals surface area contributed by atoms with Crippen molar-refractivity contribution in [2.24, 2.45) is 0 Å². The third-order valence-corrected chi connectivity index (χ3v) is 4.44. The number of nitrogen functional groups attached to an aromatic ring is 1. The summed E-state index contributed by atoms with van der Waals surface area (Å²) in [5.74, 6) is 0.520. The Bertz CT molecular complexity index is 859. The number of hydrogen-bond acceptors (Lipinski definition) is 5. The number of anilines is 1. The Hall–Kier alpha value is -2.50. The Morgan fingerprint density at radius 2 is 1.83 bits per heavy atom. The summed E-state index contributed by atoms with van der Waals surface area (Å²) in [5.41, 5.74) is 10.5. The third-order valence-electron chi connectivity index (χ3n) is 4.44. The van der Waals surface area contributed by atoms with Crippen LogP contribution in [-0.2, 0) is 11.3 Å². The van der Waals surface area contributed by atoms with Crippen LogP contribution in [0.3, 0.4) is 0 Å². The Morgan fingerprint density at radius 1 is 1.00 bits per heavy atom. The maximum absolute atomic E-state index is 5.99. The highest BCUT2D eigenvalue weighted by molar-refractivity contribution is 5.91. The molecule has 1 aliphatic heterocycles. The molecule has 1 saturated heterocycles. The first kappa shape index (κ1) is 15.1. The lowest BCUT2D eigenvalue weighted by atomic mass is 10.0. The highest BCUT2D eigenvalue weighted by atomic mass is 16.5. The van der Waals surface area contributed by atoms with Gasteiger partial charge in [-0.05, 0) is 34.9 Å². The van der Waals surface area contributed by atoms with Gasteiger partial charge in [0.1, 0.15) is 12.1 Å². The zero-order valence-electron chi connectivity index (χ0n) is 13.5. The van der Waals surface area contributed by atoms with E-state index in [0.29, 0.717) is 5.82 Å². The Kier molecular flexibility index (Phi) is 4.11. The van der Waals surface area contributed by atoms with Gasteiger partial charge in [0.25, 0.3) is 0 Å². The van der Waals surface area contributed by atoms with Gasteiger partial charge in [-0.3, -0.25) is 4.90 Å². The van der Waals surface area contributed by atoms with Gasteiger partial charge in [-0.2, -0.15) is 0 Å². The van der Waals surface area contributed by atoms with Crippen LogP contribution in [0.2, 0.25) is 0 Å². The second-order valence-corrected chi connectivity index (χ2v) is 6.08. The minimum absolute atomic E-state index is 0.520. The first-order valence-electron chi connectivity index (χ1n) is 8.19. The highest BCUT2D eigenvalue weighted by Gasteiger charge is 2.11. The quantitative estimate of drug-likeness (QED) is 0.804. The number of ether oxygens (including phenoxy) is 1. The molecule has 1 fully saturated rings. The number of rotatable bonds is 3.